The lowest BCUT2D eigenvalue weighted by Crippen LogP contribution is -2.31. The van der Waals surface area contributed by atoms with Crippen LogP contribution >= 0.6 is 0 Å². The van der Waals surface area contributed by atoms with Gasteiger partial charge in [0.1, 0.15) is 6.54 Å². The normalized spacial score (nSPS) is 11.1. The fraction of sp³-hybridized carbons (Fsp3) is 0.250. The molecule has 28 heavy (non-hydrogen) atoms. The summed E-state index contributed by atoms with van der Waals surface area (Å²) in [6.45, 7) is 2.28. The zero-order valence-electron chi connectivity index (χ0n) is 15.6. The van der Waals surface area contributed by atoms with E-state index in [-0.39, 0.29) is 16.5 Å². The number of Topliss-reactive ketones (excluding diaryl/α,β-unsaturated/α-hetero) is 2. The molecule has 0 amide bonds. The van der Waals surface area contributed by atoms with Crippen molar-refractivity contribution in [2.45, 2.75) is 25.2 Å². The van der Waals surface area contributed by atoms with Crippen molar-refractivity contribution in [3.8, 4) is 0 Å². The van der Waals surface area contributed by atoms with Crippen LogP contribution in [0.4, 0.5) is 0 Å². The van der Waals surface area contributed by atoms with Crippen LogP contribution in [0, 0.1) is 0 Å². The predicted octanol–water partition coefficient (Wildman–Crippen LogP) is 2.16. The van der Waals surface area contributed by atoms with Gasteiger partial charge in [-0.25, -0.2) is 8.42 Å². The Morgan fingerprint density at radius 3 is 2.04 bits per heavy atom. The van der Waals surface area contributed by atoms with Gasteiger partial charge >= 0.3 is 5.97 Å². The van der Waals surface area contributed by atoms with Gasteiger partial charge < -0.3 is 4.74 Å². The van der Waals surface area contributed by atoms with Crippen molar-refractivity contribution in [2.75, 3.05) is 13.2 Å². The van der Waals surface area contributed by atoms with E-state index in [0.717, 1.165) is 12.0 Å². The van der Waals surface area contributed by atoms with E-state index in [2.05, 4.69) is 4.72 Å². The maximum atomic E-state index is 12.2. The molecule has 0 fully saturated rings. The first-order valence-corrected chi connectivity index (χ1v) is 10.1. The number of nitrogens with one attached hydrogen (secondary N) is 1. The topological polar surface area (TPSA) is 107 Å². The van der Waals surface area contributed by atoms with Gasteiger partial charge in [-0.1, -0.05) is 43.3 Å². The Morgan fingerprint density at radius 1 is 0.929 bits per heavy atom. The second-order valence-corrected chi connectivity index (χ2v) is 7.81. The smallest absolute Gasteiger partial charge is 0.321 e. The van der Waals surface area contributed by atoms with Crippen LogP contribution in [0.2, 0.25) is 0 Å². The molecule has 0 aliphatic carbocycles. The summed E-state index contributed by atoms with van der Waals surface area (Å²) in [5.74, 6) is -1.43. The average molecular weight is 403 g/mol. The molecule has 1 N–H and O–H groups in total. The first kappa shape index (κ1) is 21.5. The summed E-state index contributed by atoms with van der Waals surface area (Å²) < 4.78 is 31.3. The van der Waals surface area contributed by atoms with Crippen LogP contribution in [0.1, 0.15) is 40.1 Å². The molecule has 2 rings (SSSR count). The number of carbonyl (C=O) groups excluding carboxylic acids is 3. The molecule has 0 aliphatic heterocycles. The molecule has 8 heteroatoms. The van der Waals surface area contributed by atoms with Crippen LogP contribution in [0.3, 0.4) is 0 Å². The zero-order valence-corrected chi connectivity index (χ0v) is 16.4. The van der Waals surface area contributed by atoms with Gasteiger partial charge in [0.05, 0.1) is 4.90 Å². The fourth-order valence-electron chi connectivity index (χ4n) is 2.31. The Bertz CT molecular complexity index is 963. The summed E-state index contributed by atoms with van der Waals surface area (Å²) in [5.41, 5.74) is 1.87. The van der Waals surface area contributed by atoms with Gasteiger partial charge in [0, 0.05) is 11.1 Å². The van der Waals surface area contributed by atoms with Gasteiger partial charge in [-0.2, -0.15) is 4.72 Å². The highest BCUT2D eigenvalue weighted by Gasteiger charge is 2.17. The van der Waals surface area contributed by atoms with E-state index in [0.29, 0.717) is 11.1 Å². The molecule has 0 saturated heterocycles. The summed E-state index contributed by atoms with van der Waals surface area (Å²) in [5, 5.41) is 0. The molecular weight excluding hydrogens is 382 g/mol. The fourth-order valence-corrected chi connectivity index (χ4v) is 3.28. The van der Waals surface area contributed by atoms with Gasteiger partial charge in [0.15, 0.2) is 18.2 Å². The highest BCUT2D eigenvalue weighted by atomic mass is 32.2. The number of sulfonamides is 1. The SMILES string of the molecule is CCc1ccc(C(=O)COC(=O)CNS(=O)(=O)c2ccc(C(C)=O)cc2)cc1. The standard InChI is InChI=1S/C20H21NO6S/c1-3-15-4-6-17(7-5-15)19(23)13-27-20(24)12-21-28(25,26)18-10-8-16(9-11-18)14(2)22/h4-11,21H,3,12-13H2,1-2H3. The first-order valence-electron chi connectivity index (χ1n) is 8.61. The largest absolute Gasteiger partial charge is 0.456 e. The van der Waals surface area contributed by atoms with Crippen molar-refractivity contribution in [1.29, 1.82) is 0 Å². The minimum absolute atomic E-state index is 0.0857. The molecule has 0 aromatic heterocycles. The zero-order chi connectivity index (χ0) is 20.7. The molecule has 0 unspecified atom stereocenters. The Hall–Kier alpha value is -2.84. The Kier molecular flexibility index (Phi) is 7.19. The lowest BCUT2D eigenvalue weighted by atomic mass is 10.1. The van der Waals surface area contributed by atoms with E-state index in [1.807, 2.05) is 19.1 Å². The van der Waals surface area contributed by atoms with Crippen molar-refractivity contribution >= 4 is 27.6 Å². The molecule has 0 saturated carbocycles. The number of hydrogen-bond donors (Lipinski definition) is 1. The van der Waals surface area contributed by atoms with Crippen LogP contribution in [-0.2, 0) is 26.0 Å². The molecule has 7 nitrogen and oxygen atoms in total. The number of benzene rings is 2. The van der Waals surface area contributed by atoms with Crippen molar-refractivity contribution in [3.63, 3.8) is 0 Å². The van der Waals surface area contributed by atoms with Crippen molar-refractivity contribution in [3.05, 3.63) is 65.2 Å². The van der Waals surface area contributed by atoms with Gasteiger partial charge in [-0.05, 0) is 31.0 Å². The van der Waals surface area contributed by atoms with E-state index < -0.39 is 29.1 Å². The highest BCUT2D eigenvalue weighted by molar-refractivity contribution is 7.89. The third kappa shape index (κ3) is 5.83. The summed E-state index contributed by atoms with van der Waals surface area (Å²) in [6.07, 6.45) is 0.848. The maximum absolute atomic E-state index is 12.2. The van der Waals surface area contributed by atoms with E-state index in [1.54, 1.807) is 12.1 Å². The molecule has 0 bridgehead atoms. The van der Waals surface area contributed by atoms with Crippen LogP contribution in [0.5, 0.6) is 0 Å². The summed E-state index contributed by atoms with van der Waals surface area (Å²) in [7, 11) is -3.94. The molecule has 0 heterocycles. The number of ether oxygens (including phenoxy) is 1. The van der Waals surface area contributed by atoms with Crippen LogP contribution in [-0.4, -0.2) is 39.1 Å². The molecule has 148 valence electrons. The van der Waals surface area contributed by atoms with Gasteiger partial charge in [-0.15, -0.1) is 0 Å². The van der Waals surface area contributed by atoms with E-state index in [9.17, 15) is 22.8 Å². The van der Waals surface area contributed by atoms with Crippen molar-refractivity contribution < 1.29 is 27.5 Å². The quantitative estimate of drug-likeness (QED) is 0.508. The van der Waals surface area contributed by atoms with Crippen molar-refractivity contribution in [2.24, 2.45) is 0 Å². The number of aryl methyl sites for hydroxylation is 1. The molecule has 2 aromatic carbocycles. The Morgan fingerprint density at radius 2 is 1.50 bits per heavy atom. The maximum Gasteiger partial charge on any atom is 0.321 e. The third-order valence-electron chi connectivity index (χ3n) is 4.03. The van der Waals surface area contributed by atoms with E-state index in [1.165, 1.54) is 31.2 Å². The van der Waals surface area contributed by atoms with Crippen molar-refractivity contribution in [1.82, 2.24) is 4.72 Å². The number of carbonyl (C=O) groups is 3. The second-order valence-electron chi connectivity index (χ2n) is 6.04. The van der Waals surface area contributed by atoms with Crippen LogP contribution < -0.4 is 4.72 Å². The molecule has 2 aromatic rings. The average Bonchev–Trinajstić information content (AvgIpc) is 2.70. The molecule has 0 aliphatic rings. The minimum atomic E-state index is -3.94. The van der Waals surface area contributed by atoms with Crippen LogP contribution in [0.15, 0.2) is 53.4 Å². The number of hydrogen-bond acceptors (Lipinski definition) is 6. The number of rotatable bonds is 9. The summed E-state index contributed by atoms with van der Waals surface area (Å²) >= 11 is 0. The minimum Gasteiger partial charge on any atom is -0.456 e. The van der Waals surface area contributed by atoms with Gasteiger partial charge in [0.25, 0.3) is 0 Å². The second kappa shape index (κ2) is 9.38. The molecule has 0 spiro atoms. The lowest BCUT2D eigenvalue weighted by molar-refractivity contribution is -0.141. The number of esters is 1. The summed E-state index contributed by atoms with van der Waals surface area (Å²) in [4.78, 5) is 34.9. The Labute approximate surface area is 163 Å². The molecular formula is C20H21NO6S. The highest BCUT2D eigenvalue weighted by Crippen LogP contribution is 2.11. The van der Waals surface area contributed by atoms with Gasteiger partial charge in [-0.3, -0.25) is 14.4 Å². The molecule has 0 radical (unpaired) electrons. The van der Waals surface area contributed by atoms with E-state index in [4.69, 9.17) is 4.74 Å². The predicted molar refractivity (Wildman–Crippen MR) is 103 cm³/mol. The third-order valence-corrected chi connectivity index (χ3v) is 5.44. The van der Waals surface area contributed by atoms with Gasteiger partial charge in [0.2, 0.25) is 10.0 Å². The summed E-state index contributed by atoms with van der Waals surface area (Å²) in [6, 6.07) is 12.3. The lowest BCUT2D eigenvalue weighted by Gasteiger charge is -2.08. The number of ketones is 2. The van der Waals surface area contributed by atoms with Crippen LogP contribution in [0.25, 0.3) is 0 Å². The first-order chi connectivity index (χ1) is 13.2. The molecule has 0 atom stereocenters. The Balaban J connectivity index is 1.86. The van der Waals surface area contributed by atoms with E-state index >= 15 is 0 Å². The monoisotopic (exact) mass is 403 g/mol.